The molecule has 0 bridgehead atoms. The van der Waals surface area contributed by atoms with Gasteiger partial charge in [0.05, 0.1) is 39.7 Å². The average Bonchev–Trinajstić information content (AvgIpc) is 3.21. The second-order valence-electron chi connectivity index (χ2n) is 5.73. The number of rotatable bonds is 6. The van der Waals surface area contributed by atoms with Crippen LogP contribution in [0.4, 0.5) is 4.79 Å². The summed E-state index contributed by atoms with van der Waals surface area (Å²) in [5.41, 5.74) is 0.115. The number of hydrogen-bond donors (Lipinski definition) is 1. The normalized spacial score (nSPS) is 15.6. The Labute approximate surface area is 160 Å². The maximum atomic E-state index is 12.8. The van der Waals surface area contributed by atoms with Crippen LogP contribution in [-0.2, 0) is 16.1 Å². The lowest BCUT2D eigenvalue weighted by atomic mass is 10.0. The molecule has 3 rings (SSSR count). The number of methoxy groups -OCH3 is 3. The highest BCUT2D eigenvalue weighted by Gasteiger charge is 2.36. The molecule has 1 aliphatic heterocycles. The molecule has 1 aliphatic rings. The van der Waals surface area contributed by atoms with Crippen LogP contribution >= 0.6 is 0 Å². The molecule has 1 aromatic carbocycles. The molecule has 9 nitrogen and oxygen atoms in total. The number of nitrogens with zero attached hydrogens (tertiary/aromatic N) is 1. The van der Waals surface area contributed by atoms with Crippen LogP contribution in [0.5, 0.6) is 17.2 Å². The molecule has 2 heterocycles. The Bertz CT molecular complexity index is 922. The Balaban J connectivity index is 2.03. The Morgan fingerprint density at radius 2 is 1.75 bits per heavy atom. The third kappa shape index (κ3) is 3.54. The molecule has 0 unspecified atom stereocenters. The van der Waals surface area contributed by atoms with Gasteiger partial charge in [0.15, 0.2) is 0 Å². The van der Waals surface area contributed by atoms with Gasteiger partial charge in [0.1, 0.15) is 28.6 Å². The summed E-state index contributed by atoms with van der Waals surface area (Å²) in [6.07, 6.45) is 2.74. The summed E-state index contributed by atoms with van der Waals surface area (Å²) in [7, 11) is 4.36. The van der Waals surface area contributed by atoms with Gasteiger partial charge in [0.2, 0.25) is 0 Å². The fraction of sp³-hybridized carbons (Fsp3) is 0.211. The summed E-state index contributed by atoms with van der Waals surface area (Å²) in [4.78, 5) is 38.1. The third-order valence-electron chi connectivity index (χ3n) is 4.12. The quantitative estimate of drug-likeness (QED) is 0.597. The van der Waals surface area contributed by atoms with Crippen LogP contribution in [0.1, 0.15) is 11.3 Å². The van der Waals surface area contributed by atoms with Gasteiger partial charge >= 0.3 is 6.03 Å². The van der Waals surface area contributed by atoms with Crippen LogP contribution in [0.15, 0.2) is 40.5 Å². The van der Waals surface area contributed by atoms with E-state index in [1.807, 2.05) is 0 Å². The van der Waals surface area contributed by atoms with E-state index in [0.29, 0.717) is 28.6 Å². The molecule has 146 valence electrons. The van der Waals surface area contributed by atoms with Crippen molar-refractivity contribution in [3.8, 4) is 17.2 Å². The first-order chi connectivity index (χ1) is 13.5. The first-order valence-electron chi connectivity index (χ1n) is 8.19. The number of imide groups is 2. The summed E-state index contributed by atoms with van der Waals surface area (Å²) >= 11 is 0. The van der Waals surface area contributed by atoms with Crippen molar-refractivity contribution < 1.29 is 33.0 Å². The minimum atomic E-state index is -0.822. The number of carbonyl (C=O) groups is 3. The van der Waals surface area contributed by atoms with Crippen molar-refractivity contribution >= 4 is 23.9 Å². The monoisotopic (exact) mass is 386 g/mol. The number of ether oxygens (including phenoxy) is 3. The minimum Gasteiger partial charge on any atom is -0.496 e. The molecule has 9 heteroatoms. The second kappa shape index (κ2) is 7.87. The largest absolute Gasteiger partial charge is 0.496 e. The fourth-order valence-electron chi connectivity index (χ4n) is 2.72. The second-order valence-corrected chi connectivity index (χ2v) is 5.73. The Hall–Kier alpha value is -3.75. The van der Waals surface area contributed by atoms with Gasteiger partial charge in [-0.1, -0.05) is 0 Å². The van der Waals surface area contributed by atoms with Crippen molar-refractivity contribution in [2.75, 3.05) is 21.3 Å². The lowest BCUT2D eigenvalue weighted by Gasteiger charge is -2.25. The summed E-state index contributed by atoms with van der Waals surface area (Å²) in [5, 5.41) is 2.15. The number of benzene rings is 1. The molecular formula is C19H18N2O7. The van der Waals surface area contributed by atoms with Crippen LogP contribution < -0.4 is 19.5 Å². The summed E-state index contributed by atoms with van der Waals surface area (Å²) < 4.78 is 21.0. The Morgan fingerprint density at radius 1 is 1.07 bits per heavy atom. The third-order valence-corrected chi connectivity index (χ3v) is 4.12. The first kappa shape index (κ1) is 19.0. The van der Waals surface area contributed by atoms with Gasteiger partial charge in [-0.3, -0.25) is 19.8 Å². The summed E-state index contributed by atoms with van der Waals surface area (Å²) in [5.74, 6) is -0.0324. The predicted octanol–water partition coefficient (Wildman–Crippen LogP) is 1.97. The number of carbonyl (C=O) groups excluding carboxylic acids is 3. The summed E-state index contributed by atoms with van der Waals surface area (Å²) in [6.45, 7) is -0.112. The SMILES string of the molecule is COc1cc(OC)c(C=C2C(=O)NC(=O)N(Cc3ccco3)C2=O)c(OC)c1. The molecule has 28 heavy (non-hydrogen) atoms. The molecule has 0 radical (unpaired) electrons. The number of barbiturate groups is 1. The van der Waals surface area contributed by atoms with Gasteiger partial charge in [-0.15, -0.1) is 0 Å². The van der Waals surface area contributed by atoms with Gasteiger partial charge in [0, 0.05) is 12.1 Å². The van der Waals surface area contributed by atoms with Gasteiger partial charge in [0.25, 0.3) is 11.8 Å². The Kier molecular flexibility index (Phi) is 5.35. The predicted molar refractivity (Wildman–Crippen MR) is 96.9 cm³/mol. The number of nitrogens with one attached hydrogen (secondary N) is 1. The minimum absolute atomic E-state index is 0.112. The highest BCUT2D eigenvalue weighted by molar-refractivity contribution is 6.31. The highest BCUT2D eigenvalue weighted by atomic mass is 16.5. The van der Waals surface area contributed by atoms with E-state index < -0.39 is 17.8 Å². The molecule has 0 spiro atoms. The van der Waals surface area contributed by atoms with Gasteiger partial charge in [-0.25, -0.2) is 4.79 Å². The molecule has 2 aromatic rings. The van der Waals surface area contributed by atoms with Crippen LogP contribution in [0, 0.1) is 0 Å². The van der Waals surface area contributed by atoms with E-state index in [1.54, 1.807) is 24.3 Å². The van der Waals surface area contributed by atoms with E-state index in [0.717, 1.165) is 4.90 Å². The molecule has 4 amide bonds. The molecule has 1 fully saturated rings. The van der Waals surface area contributed by atoms with Crippen molar-refractivity contribution in [2.45, 2.75) is 6.54 Å². The van der Waals surface area contributed by atoms with Crippen molar-refractivity contribution in [3.63, 3.8) is 0 Å². The maximum absolute atomic E-state index is 12.8. The highest BCUT2D eigenvalue weighted by Crippen LogP contribution is 2.36. The maximum Gasteiger partial charge on any atom is 0.331 e. The topological polar surface area (TPSA) is 107 Å². The van der Waals surface area contributed by atoms with E-state index in [1.165, 1.54) is 33.7 Å². The fourth-order valence-corrected chi connectivity index (χ4v) is 2.72. The first-order valence-corrected chi connectivity index (χ1v) is 8.19. The van der Waals surface area contributed by atoms with E-state index in [4.69, 9.17) is 18.6 Å². The van der Waals surface area contributed by atoms with Crippen molar-refractivity contribution in [2.24, 2.45) is 0 Å². The van der Waals surface area contributed by atoms with Crippen molar-refractivity contribution in [1.29, 1.82) is 0 Å². The molecule has 0 atom stereocenters. The smallest absolute Gasteiger partial charge is 0.331 e. The molecular weight excluding hydrogens is 368 g/mol. The molecule has 0 aliphatic carbocycles. The zero-order valence-electron chi connectivity index (χ0n) is 15.5. The lowest BCUT2D eigenvalue weighted by molar-refractivity contribution is -0.130. The van der Waals surface area contributed by atoms with Gasteiger partial charge < -0.3 is 18.6 Å². The molecule has 1 N–H and O–H groups in total. The van der Waals surface area contributed by atoms with Gasteiger partial charge in [-0.2, -0.15) is 0 Å². The van der Waals surface area contributed by atoms with E-state index >= 15 is 0 Å². The number of hydrogen-bond acceptors (Lipinski definition) is 7. The van der Waals surface area contributed by atoms with Crippen molar-refractivity contribution in [1.82, 2.24) is 10.2 Å². The standard InChI is InChI=1S/C19H18N2O7/c1-25-12-7-15(26-2)13(16(8-12)27-3)9-14-17(22)20-19(24)21(18(14)23)10-11-5-4-6-28-11/h4-9H,10H2,1-3H3,(H,20,22,24). The zero-order chi connectivity index (χ0) is 20.3. The molecule has 1 aromatic heterocycles. The lowest BCUT2D eigenvalue weighted by Crippen LogP contribution is -2.53. The average molecular weight is 386 g/mol. The number of amides is 4. The van der Waals surface area contributed by atoms with Crippen molar-refractivity contribution in [3.05, 3.63) is 47.4 Å². The number of urea groups is 1. The zero-order valence-corrected chi connectivity index (χ0v) is 15.5. The van der Waals surface area contributed by atoms with Crippen LogP contribution in [0.3, 0.4) is 0 Å². The van der Waals surface area contributed by atoms with Crippen LogP contribution in [-0.4, -0.2) is 44.1 Å². The number of furan rings is 1. The summed E-state index contributed by atoms with van der Waals surface area (Å²) in [6, 6.07) is 5.61. The van der Waals surface area contributed by atoms with Crippen LogP contribution in [0.2, 0.25) is 0 Å². The molecule has 1 saturated heterocycles. The van der Waals surface area contributed by atoms with Crippen LogP contribution in [0.25, 0.3) is 6.08 Å². The Morgan fingerprint density at radius 3 is 2.29 bits per heavy atom. The van der Waals surface area contributed by atoms with E-state index in [-0.39, 0.29) is 12.1 Å². The molecule has 0 saturated carbocycles. The van der Waals surface area contributed by atoms with E-state index in [2.05, 4.69) is 5.32 Å². The van der Waals surface area contributed by atoms with Gasteiger partial charge in [-0.05, 0) is 18.2 Å². The van der Waals surface area contributed by atoms with E-state index in [9.17, 15) is 14.4 Å².